The summed E-state index contributed by atoms with van der Waals surface area (Å²) in [6.45, 7) is 2.32. The van der Waals surface area contributed by atoms with E-state index in [2.05, 4.69) is 47.9 Å². The lowest BCUT2D eigenvalue weighted by molar-refractivity contribution is 0.149. The highest BCUT2D eigenvalue weighted by molar-refractivity contribution is 5.89. The molecule has 0 spiro atoms. The maximum Gasteiger partial charge on any atom is 0.319 e. The molecule has 2 amide bonds. The molecule has 2 N–H and O–H groups in total. The average molecular weight is 366 g/mol. The molecule has 1 aliphatic rings. The first-order chi connectivity index (χ1) is 13.0. The fraction of sp³-hybridized carbons (Fsp3) is 0.435. The molecule has 2 unspecified atom stereocenters. The van der Waals surface area contributed by atoms with Gasteiger partial charge in [0.1, 0.15) is 0 Å². The molecule has 0 saturated heterocycles. The lowest BCUT2D eigenvalue weighted by atomic mass is 9.68. The van der Waals surface area contributed by atoms with Gasteiger partial charge in [-0.05, 0) is 54.5 Å². The summed E-state index contributed by atoms with van der Waals surface area (Å²) in [5.41, 5.74) is 3.36. The Morgan fingerprint density at radius 2 is 1.78 bits per heavy atom. The van der Waals surface area contributed by atoms with Gasteiger partial charge in [-0.3, -0.25) is 0 Å². The molecule has 2 aromatic rings. The van der Waals surface area contributed by atoms with Gasteiger partial charge in [0.05, 0.1) is 0 Å². The number of rotatable bonds is 5. The van der Waals surface area contributed by atoms with Gasteiger partial charge in [0.15, 0.2) is 0 Å². The second-order valence-corrected chi connectivity index (χ2v) is 8.15. The van der Waals surface area contributed by atoms with E-state index in [9.17, 15) is 4.79 Å². The molecule has 2 aromatic carbocycles. The summed E-state index contributed by atoms with van der Waals surface area (Å²) in [7, 11) is 4.01. The van der Waals surface area contributed by atoms with Crippen molar-refractivity contribution in [2.45, 2.75) is 45.1 Å². The van der Waals surface area contributed by atoms with Crippen LogP contribution in [0.3, 0.4) is 0 Å². The van der Waals surface area contributed by atoms with Gasteiger partial charge >= 0.3 is 6.03 Å². The van der Waals surface area contributed by atoms with Gasteiger partial charge in [0, 0.05) is 31.5 Å². The number of nitrogens with one attached hydrogen (secondary N) is 2. The number of benzene rings is 2. The maximum atomic E-state index is 12.6. The van der Waals surface area contributed by atoms with E-state index in [1.54, 1.807) is 0 Å². The van der Waals surface area contributed by atoms with Gasteiger partial charge in [-0.15, -0.1) is 0 Å². The maximum absolute atomic E-state index is 12.6. The Labute approximate surface area is 163 Å². The number of anilines is 2. The van der Waals surface area contributed by atoms with E-state index >= 15 is 0 Å². The van der Waals surface area contributed by atoms with Crippen LogP contribution in [0.4, 0.5) is 16.2 Å². The molecule has 1 saturated carbocycles. The molecule has 1 aliphatic carbocycles. The molecule has 3 rings (SSSR count). The first-order valence-electron chi connectivity index (χ1n) is 9.85. The Kier molecular flexibility index (Phi) is 6.04. The van der Waals surface area contributed by atoms with Crippen molar-refractivity contribution in [3.05, 3.63) is 60.2 Å². The van der Waals surface area contributed by atoms with Gasteiger partial charge in [-0.2, -0.15) is 0 Å². The molecule has 0 radical (unpaired) electrons. The SMILES string of the molecule is CN(C)c1ccc(NC(=O)NC2CCCCC2(C)Cc2ccccc2)cc1. The summed E-state index contributed by atoms with van der Waals surface area (Å²) in [5, 5.41) is 6.24. The fourth-order valence-corrected chi connectivity index (χ4v) is 4.09. The van der Waals surface area contributed by atoms with Crippen LogP contribution in [-0.4, -0.2) is 26.2 Å². The number of amides is 2. The predicted octanol–water partition coefficient (Wildman–Crippen LogP) is 5.07. The van der Waals surface area contributed by atoms with Crippen molar-refractivity contribution in [3.8, 4) is 0 Å². The number of carbonyl (C=O) groups excluding carboxylic acids is 1. The summed E-state index contributed by atoms with van der Waals surface area (Å²) >= 11 is 0. The Bertz CT molecular complexity index is 742. The van der Waals surface area contributed by atoms with Gasteiger partial charge in [-0.25, -0.2) is 4.79 Å². The smallest absolute Gasteiger partial charge is 0.319 e. The molecule has 0 bridgehead atoms. The van der Waals surface area contributed by atoms with Crippen molar-refractivity contribution < 1.29 is 4.79 Å². The highest BCUT2D eigenvalue weighted by Gasteiger charge is 2.37. The summed E-state index contributed by atoms with van der Waals surface area (Å²) in [4.78, 5) is 14.6. The number of urea groups is 1. The summed E-state index contributed by atoms with van der Waals surface area (Å²) < 4.78 is 0. The predicted molar refractivity (Wildman–Crippen MR) is 113 cm³/mol. The number of nitrogens with zero attached hydrogens (tertiary/aromatic N) is 1. The van der Waals surface area contributed by atoms with E-state index < -0.39 is 0 Å². The fourth-order valence-electron chi connectivity index (χ4n) is 4.09. The van der Waals surface area contributed by atoms with E-state index in [0.29, 0.717) is 0 Å². The van der Waals surface area contributed by atoms with Crippen LogP contribution < -0.4 is 15.5 Å². The van der Waals surface area contributed by atoms with E-state index in [4.69, 9.17) is 0 Å². The van der Waals surface area contributed by atoms with Crippen LogP contribution in [0.5, 0.6) is 0 Å². The summed E-state index contributed by atoms with van der Waals surface area (Å²) in [6.07, 6.45) is 5.58. The van der Waals surface area contributed by atoms with Gasteiger partial charge in [0.25, 0.3) is 0 Å². The monoisotopic (exact) mass is 365 g/mol. The Morgan fingerprint density at radius 1 is 1.07 bits per heavy atom. The third kappa shape index (κ3) is 5.03. The minimum Gasteiger partial charge on any atom is -0.378 e. The number of hydrogen-bond acceptors (Lipinski definition) is 2. The topological polar surface area (TPSA) is 44.4 Å². The molecular weight excluding hydrogens is 334 g/mol. The standard InChI is InChI=1S/C23H31N3O/c1-23(17-18-9-5-4-6-10-18)16-8-7-11-21(23)25-22(27)24-19-12-14-20(15-13-19)26(2)3/h4-6,9-10,12-15,21H,7-8,11,16-17H2,1-3H3,(H2,24,25,27). The third-order valence-electron chi connectivity index (χ3n) is 5.73. The molecule has 4 nitrogen and oxygen atoms in total. The molecule has 2 atom stereocenters. The van der Waals surface area contributed by atoms with Crippen LogP contribution in [0.25, 0.3) is 0 Å². The molecule has 27 heavy (non-hydrogen) atoms. The van der Waals surface area contributed by atoms with Crippen molar-refractivity contribution in [3.63, 3.8) is 0 Å². The zero-order valence-electron chi connectivity index (χ0n) is 16.7. The minimum absolute atomic E-state index is 0.0890. The number of hydrogen-bond donors (Lipinski definition) is 2. The van der Waals surface area contributed by atoms with Crippen molar-refractivity contribution >= 4 is 17.4 Å². The van der Waals surface area contributed by atoms with Crippen LogP contribution in [-0.2, 0) is 6.42 Å². The second-order valence-electron chi connectivity index (χ2n) is 8.15. The molecule has 0 aliphatic heterocycles. The first kappa shape index (κ1) is 19.3. The van der Waals surface area contributed by atoms with Crippen LogP contribution in [0.1, 0.15) is 38.2 Å². The molecule has 4 heteroatoms. The van der Waals surface area contributed by atoms with Gasteiger partial charge in [-0.1, -0.05) is 50.1 Å². The van der Waals surface area contributed by atoms with Crippen molar-refractivity contribution in [1.82, 2.24) is 5.32 Å². The summed E-state index contributed by atoms with van der Waals surface area (Å²) in [6, 6.07) is 18.6. The zero-order valence-corrected chi connectivity index (χ0v) is 16.7. The Balaban J connectivity index is 1.63. The number of carbonyl (C=O) groups is 1. The first-order valence-corrected chi connectivity index (χ1v) is 9.85. The van der Waals surface area contributed by atoms with Gasteiger partial charge in [0.2, 0.25) is 0 Å². The highest BCUT2D eigenvalue weighted by atomic mass is 16.2. The van der Waals surface area contributed by atoms with Crippen LogP contribution in [0.15, 0.2) is 54.6 Å². The molecule has 0 heterocycles. The van der Waals surface area contributed by atoms with Crippen molar-refractivity contribution in [2.75, 3.05) is 24.3 Å². The molecule has 144 valence electrons. The van der Waals surface area contributed by atoms with Gasteiger partial charge < -0.3 is 15.5 Å². The zero-order chi connectivity index (χ0) is 19.3. The quantitative estimate of drug-likeness (QED) is 0.777. The minimum atomic E-state index is -0.112. The van der Waals surface area contributed by atoms with E-state index in [1.807, 2.05) is 43.3 Å². The van der Waals surface area contributed by atoms with Crippen molar-refractivity contribution in [1.29, 1.82) is 0 Å². The molecule has 0 aromatic heterocycles. The lowest BCUT2D eigenvalue weighted by Crippen LogP contribution is -2.50. The Hall–Kier alpha value is -2.49. The summed E-state index contributed by atoms with van der Waals surface area (Å²) in [5.74, 6) is 0. The van der Waals surface area contributed by atoms with Crippen molar-refractivity contribution in [2.24, 2.45) is 5.41 Å². The Morgan fingerprint density at radius 3 is 2.44 bits per heavy atom. The van der Waals surface area contributed by atoms with E-state index in [1.165, 1.54) is 18.4 Å². The second kappa shape index (κ2) is 8.47. The van der Waals surface area contributed by atoms with E-state index in [0.717, 1.165) is 30.6 Å². The third-order valence-corrected chi connectivity index (χ3v) is 5.73. The van der Waals surface area contributed by atoms with Crippen LogP contribution in [0.2, 0.25) is 0 Å². The van der Waals surface area contributed by atoms with Crippen LogP contribution in [0, 0.1) is 5.41 Å². The molecule has 1 fully saturated rings. The average Bonchev–Trinajstić information content (AvgIpc) is 2.65. The largest absolute Gasteiger partial charge is 0.378 e. The normalized spacial score (nSPS) is 22.1. The van der Waals surface area contributed by atoms with E-state index in [-0.39, 0.29) is 17.5 Å². The molecular formula is C23H31N3O. The van der Waals surface area contributed by atoms with Crippen LogP contribution >= 0.6 is 0 Å². The highest BCUT2D eigenvalue weighted by Crippen LogP contribution is 2.39. The lowest BCUT2D eigenvalue weighted by Gasteiger charge is -2.42.